The van der Waals surface area contributed by atoms with Crippen LogP contribution in [0.5, 0.6) is 11.5 Å². The van der Waals surface area contributed by atoms with Crippen LogP contribution in [-0.4, -0.2) is 13.5 Å². The quantitative estimate of drug-likeness (QED) is 0.148. The fourth-order valence-corrected chi connectivity index (χ4v) is 11.9. The molecule has 76 heavy (non-hydrogen) atoms. The molecule has 3 aliphatic heterocycles. The van der Waals surface area contributed by atoms with Gasteiger partial charge in [0.25, 0.3) is 6.71 Å². The third kappa shape index (κ3) is 8.52. The van der Waals surface area contributed by atoms with Crippen LogP contribution in [0.25, 0.3) is 22.3 Å². The molecule has 12 rings (SSSR count). The zero-order valence-corrected chi connectivity index (χ0v) is 46.3. The van der Waals surface area contributed by atoms with Crippen LogP contribution in [0.3, 0.4) is 0 Å². The molecule has 0 amide bonds. The van der Waals surface area contributed by atoms with Gasteiger partial charge in [0.15, 0.2) is 11.5 Å². The Morgan fingerprint density at radius 1 is 0.408 bits per heavy atom. The maximum atomic E-state index is 6.29. The van der Waals surface area contributed by atoms with Crippen molar-refractivity contribution >= 4 is 74.3 Å². The summed E-state index contributed by atoms with van der Waals surface area (Å²) in [6.45, 7) is 27.5. The van der Waals surface area contributed by atoms with Crippen molar-refractivity contribution < 1.29 is 9.47 Å². The summed E-state index contributed by atoms with van der Waals surface area (Å²) in [6, 6.07) is 68.5. The first kappa shape index (κ1) is 49.0. The molecule has 0 atom stereocenters. The molecule has 0 aromatic heterocycles. The molecule has 9 aromatic rings. The molecule has 0 spiro atoms. The molecule has 0 unspecified atom stereocenters. The maximum Gasteiger partial charge on any atom is 0.252 e. The summed E-state index contributed by atoms with van der Waals surface area (Å²) in [4.78, 5) is 7.50. The standard InChI is InChI=1S/C70H68BN3O2/c1-44-33-62-66-63(34-44)74(67-45(2)35-53(36-46(67)3)70(10,11)12)61-42-65-64(75-43-76-65)41-59(61)71(66)58-32-31-56(72(54-19-15-13-16-20-54)55-21-17-14-18-22-55)40-60(58)73(62)57-38-49(47-23-27-51(28-24-47)68(4,5)6)37-50(39-57)48-25-29-52(30-26-48)69(7,8)9/h13-42H,43H2,1-12H3. The lowest BCUT2D eigenvalue weighted by Gasteiger charge is -2.45. The number of fused-ring (bicyclic) bond motifs is 5. The van der Waals surface area contributed by atoms with Crippen LogP contribution in [0.1, 0.15) is 95.7 Å². The Morgan fingerprint density at radius 3 is 1.41 bits per heavy atom. The summed E-state index contributed by atoms with van der Waals surface area (Å²) in [7, 11) is 0. The van der Waals surface area contributed by atoms with Crippen LogP contribution in [0.15, 0.2) is 182 Å². The summed E-state index contributed by atoms with van der Waals surface area (Å²) < 4.78 is 12.5. The molecule has 0 aliphatic carbocycles. The summed E-state index contributed by atoms with van der Waals surface area (Å²) in [5, 5.41) is 0. The Kier molecular flexibility index (Phi) is 11.7. The molecule has 0 fully saturated rings. The van der Waals surface area contributed by atoms with Crippen molar-refractivity contribution in [3.63, 3.8) is 0 Å². The first-order valence-corrected chi connectivity index (χ1v) is 27.0. The normalized spacial score (nSPS) is 13.6. The molecule has 6 heteroatoms. The van der Waals surface area contributed by atoms with E-state index in [1.54, 1.807) is 0 Å². The fraction of sp³-hybridized carbons (Fsp3) is 0.229. The fourth-order valence-electron chi connectivity index (χ4n) is 11.9. The minimum atomic E-state index is -0.138. The summed E-state index contributed by atoms with van der Waals surface area (Å²) in [5.41, 5.74) is 26.1. The molecule has 3 aliphatic rings. The first-order chi connectivity index (χ1) is 36.3. The van der Waals surface area contributed by atoms with E-state index in [1.807, 2.05) is 0 Å². The molecular weight excluding hydrogens is 926 g/mol. The Labute approximate surface area is 451 Å². The minimum absolute atomic E-state index is 0.0102. The number of para-hydroxylation sites is 2. The maximum absolute atomic E-state index is 6.29. The highest BCUT2D eigenvalue weighted by atomic mass is 16.7. The molecule has 3 heterocycles. The van der Waals surface area contributed by atoms with E-state index < -0.39 is 0 Å². The monoisotopic (exact) mass is 994 g/mol. The molecule has 0 N–H and O–H groups in total. The van der Waals surface area contributed by atoms with Gasteiger partial charge in [-0.15, -0.1) is 0 Å². The molecule has 378 valence electrons. The van der Waals surface area contributed by atoms with Crippen LogP contribution in [0.4, 0.5) is 51.2 Å². The van der Waals surface area contributed by atoms with Gasteiger partial charge in [-0.3, -0.25) is 0 Å². The predicted molar refractivity (Wildman–Crippen MR) is 322 cm³/mol. The number of anilines is 9. The SMILES string of the molecule is Cc1cc2c3c(c1)N(c1c(C)cc(C(C)(C)C)cc1C)c1cc4c(cc1B3c1ccc(N(c3ccccc3)c3ccccc3)cc1N2c1cc(-c2ccc(C(C)(C)C)cc2)cc(-c2ccc(C(C)(C)C)cc2)c1)OCO4. The highest BCUT2D eigenvalue weighted by molar-refractivity contribution is 7.00. The van der Waals surface area contributed by atoms with E-state index in [9.17, 15) is 0 Å². The predicted octanol–water partition coefficient (Wildman–Crippen LogP) is 17.1. The second kappa shape index (κ2) is 18.1. The smallest absolute Gasteiger partial charge is 0.252 e. The van der Waals surface area contributed by atoms with Gasteiger partial charge < -0.3 is 24.2 Å². The number of ether oxygens (including phenoxy) is 2. The topological polar surface area (TPSA) is 28.2 Å². The lowest BCUT2D eigenvalue weighted by Crippen LogP contribution is -2.61. The molecule has 0 radical (unpaired) electrons. The van der Waals surface area contributed by atoms with Gasteiger partial charge in [-0.1, -0.05) is 165 Å². The van der Waals surface area contributed by atoms with Crippen molar-refractivity contribution in [3.05, 3.63) is 215 Å². The Bertz CT molecular complexity index is 3580. The third-order valence-corrected chi connectivity index (χ3v) is 15.9. The van der Waals surface area contributed by atoms with Crippen LogP contribution in [0, 0.1) is 20.8 Å². The number of aryl methyl sites for hydroxylation is 3. The van der Waals surface area contributed by atoms with Gasteiger partial charge >= 0.3 is 0 Å². The molecule has 9 aromatic carbocycles. The Balaban J connectivity index is 1.17. The second-order valence-corrected chi connectivity index (χ2v) is 24.5. The highest BCUT2D eigenvalue weighted by Crippen LogP contribution is 2.51. The largest absolute Gasteiger partial charge is 0.454 e. The van der Waals surface area contributed by atoms with Gasteiger partial charge in [0.2, 0.25) is 6.79 Å². The summed E-state index contributed by atoms with van der Waals surface area (Å²) >= 11 is 0. The molecular formula is C70H68BN3O2. The summed E-state index contributed by atoms with van der Waals surface area (Å²) in [5.74, 6) is 1.55. The van der Waals surface area contributed by atoms with E-state index in [2.05, 4.69) is 280 Å². The van der Waals surface area contributed by atoms with Gasteiger partial charge in [0.1, 0.15) is 0 Å². The van der Waals surface area contributed by atoms with Crippen molar-refractivity contribution in [1.82, 2.24) is 0 Å². The van der Waals surface area contributed by atoms with E-state index in [4.69, 9.17) is 9.47 Å². The van der Waals surface area contributed by atoms with E-state index in [-0.39, 0.29) is 29.8 Å². The number of benzene rings is 9. The van der Waals surface area contributed by atoms with Crippen molar-refractivity contribution in [2.24, 2.45) is 0 Å². The molecule has 0 bridgehead atoms. The van der Waals surface area contributed by atoms with Gasteiger partial charge in [-0.25, -0.2) is 0 Å². The average molecular weight is 994 g/mol. The minimum Gasteiger partial charge on any atom is -0.454 e. The lowest BCUT2D eigenvalue weighted by atomic mass is 9.33. The first-order valence-electron chi connectivity index (χ1n) is 27.0. The number of hydrogen-bond donors (Lipinski definition) is 0. The number of nitrogens with zero attached hydrogens (tertiary/aromatic N) is 3. The Hall–Kier alpha value is -7.96. The van der Waals surface area contributed by atoms with Gasteiger partial charge in [-0.05, 0) is 182 Å². The zero-order chi connectivity index (χ0) is 53.0. The van der Waals surface area contributed by atoms with Crippen LogP contribution in [0.2, 0.25) is 0 Å². The van der Waals surface area contributed by atoms with E-state index in [0.29, 0.717) is 0 Å². The third-order valence-electron chi connectivity index (χ3n) is 15.9. The lowest BCUT2D eigenvalue weighted by molar-refractivity contribution is 0.174. The Morgan fingerprint density at radius 2 is 0.895 bits per heavy atom. The molecule has 0 saturated carbocycles. The highest BCUT2D eigenvalue weighted by Gasteiger charge is 2.45. The van der Waals surface area contributed by atoms with E-state index in [0.717, 1.165) is 62.4 Å². The second-order valence-electron chi connectivity index (χ2n) is 24.5. The van der Waals surface area contributed by atoms with Crippen molar-refractivity contribution in [2.45, 2.75) is 99.3 Å². The summed E-state index contributed by atoms with van der Waals surface area (Å²) in [6.07, 6.45) is 0. The van der Waals surface area contributed by atoms with Crippen LogP contribution >= 0.6 is 0 Å². The van der Waals surface area contributed by atoms with Crippen molar-refractivity contribution in [1.29, 1.82) is 0 Å². The zero-order valence-electron chi connectivity index (χ0n) is 46.3. The number of rotatable bonds is 7. The van der Waals surface area contributed by atoms with Gasteiger partial charge in [-0.2, -0.15) is 0 Å². The van der Waals surface area contributed by atoms with Crippen molar-refractivity contribution in [3.8, 4) is 33.8 Å². The molecule has 5 nitrogen and oxygen atoms in total. The molecule has 0 saturated heterocycles. The van der Waals surface area contributed by atoms with Gasteiger partial charge in [0, 0.05) is 51.6 Å². The van der Waals surface area contributed by atoms with Crippen molar-refractivity contribution in [2.75, 3.05) is 21.5 Å². The number of hydrogen-bond acceptors (Lipinski definition) is 5. The van der Waals surface area contributed by atoms with E-state index in [1.165, 1.54) is 72.3 Å². The van der Waals surface area contributed by atoms with Gasteiger partial charge in [0.05, 0.1) is 5.69 Å². The van der Waals surface area contributed by atoms with Crippen LogP contribution < -0.4 is 40.6 Å². The van der Waals surface area contributed by atoms with Crippen LogP contribution in [-0.2, 0) is 16.2 Å². The van der Waals surface area contributed by atoms with E-state index >= 15 is 0 Å². The average Bonchev–Trinajstić information content (AvgIpc) is 3.96.